The van der Waals surface area contributed by atoms with Crippen LogP contribution in [0, 0.1) is 0 Å². The van der Waals surface area contributed by atoms with Gasteiger partial charge in [-0.15, -0.1) is 0 Å². The highest BCUT2D eigenvalue weighted by Gasteiger charge is 2.03. The van der Waals surface area contributed by atoms with Gasteiger partial charge in [0.2, 0.25) is 0 Å². The van der Waals surface area contributed by atoms with E-state index >= 15 is 0 Å². The number of rotatable bonds is 9. The number of ether oxygens (including phenoxy) is 1. The van der Waals surface area contributed by atoms with Gasteiger partial charge in [0.1, 0.15) is 5.76 Å². The number of hydrogen-bond donors (Lipinski definition) is 1. The average molecular weight is 271 g/mol. The lowest BCUT2D eigenvalue weighted by molar-refractivity contribution is -0.123. The van der Waals surface area contributed by atoms with Crippen LogP contribution in [0.5, 0.6) is 0 Å². The fourth-order valence-electron chi connectivity index (χ4n) is 1.11. The van der Waals surface area contributed by atoms with Crippen LogP contribution in [-0.4, -0.2) is 12.5 Å². The van der Waals surface area contributed by atoms with Gasteiger partial charge in [0, 0.05) is 5.70 Å². The van der Waals surface area contributed by atoms with Crippen molar-refractivity contribution in [3.63, 3.8) is 0 Å². The largest absolute Gasteiger partial charge is 0.484 e. The van der Waals surface area contributed by atoms with Crippen LogP contribution in [0.15, 0.2) is 85.9 Å². The van der Waals surface area contributed by atoms with E-state index < -0.39 is 0 Å². The summed E-state index contributed by atoms with van der Waals surface area (Å²) in [5.41, 5.74) is 0.592. The van der Waals surface area contributed by atoms with Gasteiger partial charge in [0.05, 0.1) is 0 Å². The Labute approximate surface area is 121 Å². The van der Waals surface area contributed by atoms with E-state index in [0.29, 0.717) is 11.5 Å². The first-order valence-corrected chi connectivity index (χ1v) is 6.17. The Morgan fingerprint density at radius 2 is 1.85 bits per heavy atom. The molecule has 20 heavy (non-hydrogen) atoms. The van der Waals surface area contributed by atoms with Crippen molar-refractivity contribution < 1.29 is 9.53 Å². The molecule has 0 aromatic heterocycles. The molecule has 0 radical (unpaired) electrons. The van der Waals surface area contributed by atoms with Crippen molar-refractivity contribution in [1.82, 2.24) is 5.32 Å². The van der Waals surface area contributed by atoms with Gasteiger partial charge in [-0.25, -0.2) is 0 Å². The van der Waals surface area contributed by atoms with Gasteiger partial charge in [-0.1, -0.05) is 50.1 Å². The second kappa shape index (κ2) is 11.5. The van der Waals surface area contributed by atoms with E-state index in [0.717, 1.165) is 0 Å². The molecule has 0 aromatic carbocycles. The Balaban J connectivity index is 4.44. The predicted molar refractivity (Wildman–Crippen MR) is 84.8 cm³/mol. The fraction of sp³-hybridized carbons (Fsp3) is 0.118. The minimum atomic E-state index is -0.267. The zero-order valence-corrected chi connectivity index (χ0v) is 11.8. The van der Waals surface area contributed by atoms with Crippen LogP contribution in [-0.2, 0) is 9.53 Å². The summed E-state index contributed by atoms with van der Waals surface area (Å²) >= 11 is 0. The monoisotopic (exact) mass is 271 g/mol. The Hall–Kier alpha value is -2.55. The van der Waals surface area contributed by atoms with Crippen molar-refractivity contribution in [3.8, 4) is 0 Å². The molecule has 0 atom stereocenters. The molecule has 0 bridgehead atoms. The van der Waals surface area contributed by atoms with Crippen molar-refractivity contribution in [2.24, 2.45) is 0 Å². The highest BCUT2D eigenvalue weighted by molar-refractivity contribution is 5.79. The lowest BCUT2D eigenvalue weighted by atomic mass is 10.3. The first kappa shape index (κ1) is 17.4. The smallest absolute Gasteiger partial charge is 0.262 e. The Bertz CT molecular complexity index is 465. The van der Waals surface area contributed by atoms with Gasteiger partial charge in [-0.3, -0.25) is 4.79 Å². The molecular weight excluding hydrogens is 250 g/mol. The molecule has 0 saturated carbocycles. The van der Waals surface area contributed by atoms with Gasteiger partial charge in [0.15, 0.2) is 6.61 Å². The van der Waals surface area contributed by atoms with E-state index in [-0.39, 0.29) is 12.5 Å². The summed E-state index contributed by atoms with van der Waals surface area (Å²) in [4.78, 5) is 11.7. The van der Waals surface area contributed by atoms with Crippen molar-refractivity contribution in [3.05, 3.63) is 85.9 Å². The van der Waals surface area contributed by atoms with Crippen LogP contribution < -0.4 is 5.32 Å². The molecular formula is C17H21NO2. The number of carbonyl (C=O) groups excluding carboxylic acids is 1. The van der Waals surface area contributed by atoms with Crippen molar-refractivity contribution in [2.75, 3.05) is 6.61 Å². The first-order chi connectivity index (χ1) is 9.67. The Morgan fingerprint density at radius 3 is 2.40 bits per heavy atom. The summed E-state index contributed by atoms with van der Waals surface area (Å²) in [6.07, 6.45) is 15.4. The molecule has 0 fully saturated rings. The lowest BCUT2D eigenvalue weighted by Crippen LogP contribution is -2.26. The lowest BCUT2D eigenvalue weighted by Gasteiger charge is -2.07. The molecule has 0 rings (SSSR count). The minimum Gasteiger partial charge on any atom is -0.484 e. The van der Waals surface area contributed by atoms with Crippen LogP contribution in [0.4, 0.5) is 0 Å². The first-order valence-electron chi connectivity index (χ1n) is 6.17. The molecule has 0 spiro atoms. The van der Waals surface area contributed by atoms with Crippen molar-refractivity contribution in [2.45, 2.75) is 6.92 Å². The number of allylic oxidation sites excluding steroid dienone is 9. The van der Waals surface area contributed by atoms with E-state index in [9.17, 15) is 4.79 Å². The zero-order chi connectivity index (χ0) is 15.2. The molecule has 0 unspecified atom stereocenters. The summed E-state index contributed by atoms with van der Waals surface area (Å²) in [7, 11) is 0. The molecule has 3 heteroatoms. The highest BCUT2D eigenvalue weighted by atomic mass is 16.5. The predicted octanol–water partition coefficient (Wildman–Crippen LogP) is 3.58. The van der Waals surface area contributed by atoms with Gasteiger partial charge >= 0.3 is 0 Å². The van der Waals surface area contributed by atoms with Gasteiger partial charge < -0.3 is 10.1 Å². The molecule has 0 aliphatic rings. The molecule has 0 heterocycles. The molecule has 0 aliphatic carbocycles. The Morgan fingerprint density at radius 1 is 1.10 bits per heavy atom. The quantitative estimate of drug-likeness (QED) is 0.514. The molecule has 106 valence electrons. The van der Waals surface area contributed by atoms with E-state index in [2.05, 4.69) is 25.1 Å². The molecule has 0 saturated heterocycles. The maximum atomic E-state index is 11.7. The SMILES string of the molecule is C=C/C=C\C=C(/C=C)NC(=O)CO/C(C=C)=C/C=C\C. The number of nitrogens with one attached hydrogen (secondary N) is 1. The second-order valence-corrected chi connectivity index (χ2v) is 3.58. The summed E-state index contributed by atoms with van der Waals surface area (Å²) in [6.45, 7) is 12.6. The van der Waals surface area contributed by atoms with Crippen LogP contribution in [0.2, 0.25) is 0 Å². The summed E-state index contributed by atoms with van der Waals surface area (Å²) in [6, 6.07) is 0. The maximum Gasteiger partial charge on any atom is 0.262 e. The van der Waals surface area contributed by atoms with Crippen LogP contribution >= 0.6 is 0 Å². The molecule has 1 amide bonds. The van der Waals surface area contributed by atoms with Gasteiger partial charge in [-0.2, -0.15) is 0 Å². The average Bonchev–Trinajstić information content (AvgIpc) is 2.46. The van der Waals surface area contributed by atoms with E-state index in [1.165, 1.54) is 0 Å². The summed E-state index contributed by atoms with van der Waals surface area (Å²) < 4.78 is 5.31. The van der Waals surface area contributed by atoms with Gasteiger partial charge in [-0.05, 0) is 31.2 Å². The van der Waals surface area contributed by atoms with Crippen molar-refractivity contribution >= 4 is 5.91 Å². The summed E-state index contributed by atoms with van der Waals surface area (Å²) in [5.74, 6) is 0.269. The van der Waals surface area contributed by atoms with E-state index in [4.69, 9.17) is 4.74 Å². The second-order valence-electron chi connectivity index (χ2n) is 3.58. The number of carbonyl (C=O) groups is 1. The highest BCUT2D eigenvalue weighted by Crippen LogP contribution is 1.99. The molecule has 1 N–H and O–H groups in total. The van der Waals surface area contributed by atoms with E-state index in [1.807, 2.05) is 19.1 Å². The van der Waals surface area contributed by atoms with Crippen LogP contribution in [0.25, 0.3) is 0 Å². The molecule has 3 nitrogen and oxygen atoms in total. The zero-order valence-electron chi connectivity index (χ0n) is 11.8. The van der Waals surface area contributed by atoms with Crippen molar-refractivity contribution in [1.29, 1.82) is 0 Å². The normalized spacial score (nSPS) is 12.4. The standard InChI is InChI=1S/C17H21NO2/c1-5-9-11-12-15(7-3)18-17(19)14-20-16(8-4)13-10-6-2/h5-13H,1,3-4,14H2,2H3,(H,18,19)/b10-6-,11-9-,15-12+,16-13+. The third-order valence-corrected chi connectivity index (χ3v) is 2.05. The van der Waals surface area contributed by atoms with E-state index in [1.54, 1.807) is 42.5 Å². The topological polar surface area (TPSA) is 38.3 Å². The van der Waals surface area contributed by atoms with Crippen LogP contribution in [0.3, 0.4) is 0 Å². The van der Waals surface area contributed by atoms with Crippen LogP contribution in [0.1, 0.15) is 6.92 Å². The minimum absolute atomic E-state index is 0.0915. The molecule has 0 aromatic rings. The Kier molecular flexibility index (Phi) is 10.1. The molecule has 0 aliphatic heterocycles. The third kappa shape index (κ3) is 8.53. The van der Waals surface area contributed by atoms with Gasteiger partial charge in [0.25, 0.3) is 5.91 Å². The number of hydrogen-bond acceptors (Lipinski definition) is 2. The third-order valence-electron chi connectivity index (χ3n) is 2.05. The summed E-state index contributed by atoms with van der Waals surface area (Å²) in [5, 5.41) is 2.68. The fourth-order valence-corrected chi connectivity index (χ4v) is 1.11. The number of amides is 1. The maximum absolute atomic E-state index is 11.7.